The van der Waals surface area contributed by atoms with E-state index in [0.717, 1.165) is 45.5 Å². The Balaban J connectivity index is 0.000000797. The van der Waals surface area contributed by atoms with Crippen molar-refractivity contribution in [1.29, 1.82) is 0 Å². The summed E-state index contributed by atoms with van der Waals surface area (Å²) in [7, 11) is 3.51. The minimum atomic E-state index is 1.04. The summed E-state index contributed by atoms with van der Waals surface area (Å²) in [6.45, 7) is 10.6. The third-order valence-electron chi connectivity index (χ3n) is 6.11. The molecule has 0 aliphatic heterocycles. The Morgan fingerprint density at radius 1 is 0.692 bits per heavy atom. The third-order valence-corrected chi connectivity index (χ3v) is 6.11. The second-order valence-electron chi connectivity index (χ2n) is 9.07. The van der Waals surface area contributed by atoms with E-state index in [-0.39, 0.29) is 0 Å². The molecule has 0 saturated heterocycles. The molecule has 5 nitrogen and oxygen atoms in total. The van der Waals surface area contributed by atoms with Crippen molar-refractivity contribution in [3.8, 4) is 0 Å². The van der Waals surface area contributed by atoms with Gasteiger partial charge in [0.15, 0.2) is 0 Å². The van der Waals surface area contributed by atoms with E-state index in [1.807, 2.05) is 44.5 Å². The zero-order valence-electron chi connectivity index (χ0n) is 24.6. The maximum Gasteiger partial charge on any atom is 0.0511 e. The Labute approximate surface area is 236 Å². The fourth-order valence-electron chi connectivity index (χ4n) is 3.73. The maximum atomic E-state index is 3.99. The largest absolute Gasteiger partial charge is 0.361 e. The molecule has 0 heterocycles. The molecule has 2 N–H and O–H groups in total. The smallest absolute Gasteiger partial charge is 0.0511 e. The molecule has 1 saturated carbocycles. The van der Waals surface area contributed by atoms with Crippen molar-refractivity contribution in [3.63, 3.8) is 0 Å². The predicted octanol–water partition coefficient (Wildman–Crippen LogP) is 9.47. The topological polar surface area (TPSA) is 52.0 Å². The quantitative estimate of drug-likeness (QED) is 0.275. The molecule has 0 unspecified atom stereocenters. The number of anilines is 5. The number of hydrogen-bond donors (Lipinski definition) is 2. The summed E-state index contributed by atoms with van der Waals surface area (Å²) in [5.74, 6) is 1.08. The van der Waals surface area contributed by atoms with Gasteiger partial charge >= 0.3 is 0 Å². The van der Waals surface area contributed by atoms with Crippen molar-refractivity contribution in [2.24, 2.45) is 15.9 Å². The zero-order chi connectivity index (χ0) is 28.5. The summed E-state index contributed by atoms with van der Waals surface area (Å²) in [4.78, 5) is 10.3. The lowest BCUT2D eigenvalue weighted by molar-refractivity contribution is 0.983. The summed E-state index contributed by atoms with van der Waals surface area (Å²) in [6.07, 6.45) is 14.0. The lowest BCUT2D eigenvalue weighted by Crippen LogP contribution is -2.13. The lowest BCUT2D eigenvalue weighted by atomic mass is 10.1. The van der Waals surface area contributed by atoms with Crippen LogP contribution >= 0.6 is 0 Å². The number of aliphatic imine (C=N–C) groups is 2. The van der Waals surface area contributed by atoms with E-state index in [9.17, 15) is 0 Å². The Morgan fingerprint density at radius 3 is 1.51 bits per heavy atom. The Bertz CT molecular complexity index is 1160. The van der Waals surface area contributed by atoms with Crippen LogP contribution in [0.4, 0.5) is 28.4 Å². The van der Waals surface area contributed by atoms with E-state index < -0.39 is 0 Å². The summed E-state index contributed by atoms with van der Waals surface area (Å²) in [5.41, 5.74) is 7.70. The molecule has 5 heteroatoms. The number of benzene rings is 3. The molecule has 0 spiro atoms. The van der Waals surface area contributed by atoms with E-state index in [1.54, 1.807) is 26.5 Å². The van der Waals surface area contributed by atoms with Crippen LogP contribution in [-0.2, 0) is 0 Å². The van der Waals surface area contributed by atoms with Crippen molar-refractivity contribution in [1.82, 2.24) is 0 Å². The number of nitrogens with zero attached hydrogens (tertiary/aromatic N) is 3. The van der Waals surface area contributed by atoms with Crippen molar-refractivity contribution >= 4 is 40.9 Å². The molecule has 0 atom stereocenters. The molecule has 1 aliphatic rings. The predicted molar refractivity (Wildman–Crippen MR) is 175 cm³/mol. The van der Waals surface area contributed by atoms with Crippen LogP contribution in [0.25, 0.3) is 0 Å². The fraction of sp³-hybridized carbons (Fsp3) is 0.294. The number of allylic oxidation sites excluding steroid dienone is 2. The van der Waals surface area contributed by atoms with Crippen LogP contribution in [0.15, 0.2) is 101 Å². The van der Waals surface area contributed by atoms with Gasteiger partial charge in [-0.1, -0.05) is 63.9 Å². The normalized spacial score (nSPS) is 12.8. The molecule has 4 rings (SSSR count). The number of rotatable bonds is 9. The second-order valence-corrected chi connectivity index (χ2v) is 9.07. The van der Waals surface area contributed by atoms with Gasteiger partial charge in [0.05, 0.1) is 11.4 Å². The molecule has 0 aromatic heterocycles. The van der Waals surface area contributed by atoms with Gasteiger partial charge in [-0.3, -0.25) is 9.98 Å². The Morgan fingerprint density at radius 2 is 1.13 bits per heavy atom. The van der Waals surface area contributed by atoms with Gasteiger partial charge in [-0.15, -0.1) is 0 Å². The average Bonchev–Trinajstić information content (AvgIpc) is 3.76. The summed E-state index contributed by atoms with van der Waals surface area (Å²) in [6, 6.07) is 23.1. The first-order valence-corrected chi connectivity index (χ1v) is 13.8. The number of hydrogen-bond acceptors (Lipinski definition) is 5. The molecule has 0 amide bonds. The molecular formula is C34H45N5. The van der Waals surface area contributed by atoms with Crippen LogP contribution in [-0.4, -0.2) is 26.5 Å². The number of nitrogens with one attached hydrogen (secondary N) is 2. The van der Waals surface area contributed by atoms with Crippen LogP contribution in [0.1, 0.15) is 44.7 Å². The molecule has 39 heavy (non-hydrogen) atoms. The highest BCUT2D eigenvalue weighted by molar-refractivity contribution is 5.85. The van der Waals surface area contributed by atoms with Crippen molar-refractivity contribution in [2.75, 3.05) is 29.6 Å². The van der Waals surface area contributed by atoms with Gasteiger partial charge < -0.3 is 15.5 Å². The standard InChI is InChI=1S/C28H31N5.C4H8.C2H6/c1-22-25(31-20-10-18-29-3)14-8-16-27(22)33(24-12-6-5-7-13-24)28-17-9-15-26(23(28)2)32-21-11-19-30-4;1-4-2-3-4;1-2/h5-21,31-32H,1-4H3;4H,2-3H2,1H3;1-2H3/b20-10-,21-11-,29-18?,30-19?;;. The highest BCUT2D eigenvalue weighted by atomic mass is 15.1. The highest BCUT2D eigenvalue weighted by Gasteiger charge is 2.18. The van der Waals surface area contributed by atoms with Crippen molar-refractivity contribution < 1.29 is 0 Å². The molecule has 0 bridgehead atoms. The summed E-state index contributed by atoms with van der Waals surface area (Å²) in [5, 5.41) is 6.76. The van der Waals surface area contributed by atoms with Crippen molar-refractivity contribution in [3.05, 3.63) is 102 Å². The van der Waals surface area contributed by atoms with E-state index in [4.69, 9.17) is 0 Å². The SMILES string of the molecule is CC.CC1CC1.CN=C/C=C\Nc1cccc(N(c2ccccc2)c2cccc(N/C=C\C=NC)c2C)c1C. The fourth-order valence-corrected chi connectivity index (χ4v) is 3.73. The van der Waals surface area contributed by atoms with Crippen LogP contribution in [0.2, 0.25) is 0 Å². The van der Waals surface area contributed by atoms with Crippen LogP contribution < -0.4 is 15.5 Å². The maximum absolute atomic E-state index is 3.99. The van der Waals surface area contributed by atoms with E-state index in [2.05, 4.69) is 107 Å². The third kappa shape index (κ3) is 9.93. The van der Waals surface area contributed by atoms with Gasteiger partial charge in [0.2, 0.25) is 0 Å². The molecule has 1 aliphatic carbocycles. The van der Waals surface area contributed by atoms with Gasteiger partial charge in [0.25, 0.3) is 0 Å². The highest BCUT2D eigenvalue weighted by Crippen LogP contribution is 2.41. The average molecular weight is 524 g/mol. The summed E-state index contributed by atoms with van der Waals surface area (Å²) >= 11 is 0. The van der Waals surface area contributed by atoms with Gasteiger partial charge in [0.1, 0.15) is 0 Å². The van der Waals surface area contributed by atoms with Crippen molar-refractivity contribution in [2.45, 2.75) is 47.5 Å². The Hall–Kier alpha value is -4.12. The van der Waals surface area contributed by atoms with Gasteiger partial charge in [-0.05, 0) is 79.4 Å². The zero-order valence-corrected chi connectivity index (χ0v) is 24.6. The minimum Gasteiger partial charge on any atom is -0.361 e. The van der Waals surface area contributed by atoms with Crippen LogP contribution in [0.3, 0.4) is 0 Å². The molecule has 206 valence electrons. The van der Waals surface area contributed by atoms with Crippen LogP contribution in [0, 0.1) is 19.8 Å². The van der Waals surface area contributed by atoms with Gasteiger partial charge in [-0.2, -0.15) is 0 Å². The molecule has 1 fully saturated rings. The molecule has 3 aromatic carbocycles. The molecule has 0 radical (unpaired) electrons. The first kappa shape index (κ1) is 31.1. The number of para-hydroxylation sites is 1. The van der Waals surface area contributed by atoms with E-state index in [0.29, 0.717) is 0 Å². The molecular weight excluding hydrogens is 478 g/mol. The summed E-state index contributed by atoms with van der Waals surface area (Å²) < 4.78 is 0. The van der Waals surface area contributed by atoms with Gasteiger partial charge in [-0.25, -0.2) is 0 Å². The Kier molecular flexibility index (Phi) is 13.9. The van der Waals surface area contributed by atoms with Crippen LogP contribution in [0.5, 0.6) is 0 Å². The van der Waals surface area contributed by atoms with Gasteiger partial charge in [0, 0.05) is 56.0 Å². The van der Waals surface area contributed by atoms with E-state index >= 15 is 0 Å². The second kappa shape index (κ2) is 17.4. The minimum absolute atomic E-state index is 1.04. The molecule has 3 aromatic rings. The first-order valence-electron chi connectivity index (χ1n) is 13.8. The monoisotopic (exact) mass is 523 g/mol. The first-order chi connectivity index (χ1) is 19.1. The lowest BCUT2D eigenvalue weighted by Gasteiger charge is -2.30. The van der Waals surface area contributed by atoms with E-state index in [1.165, 1.54) is 12.8 Å².